The maximum absolute atomic E-state index is 12.7. The van der Waals surface area contributed by atoms with Gasteiger partial charge in [0.2, 0.25) is 0 Å². The van der Waals surface area contributed by atoms with Gasteiger partial charge in [0.15, 0.2) is 0 Å². The molecule has 0 aliphatic carbocycles. The molecule has 1 aromatic carbocycles. The predicted molar refractivity (Wildman–Crippen MR) is 140 cm³/mol. The van der Waals surface area contributed by atoms with E-state index < -0.39 is 34.4 Å². The van der Waals surface area contributed by atoms with E-state index in [4.69, 9.17) is 33.2 Å². The van der Waals surface area contributed by atoms with Gasteiger partial charge in [0.25, 0.3) is 10.2 Å². The molecule has 19 heteroatoms. The van der Waals surface area contributed by atoms with Crippen molar-refractivity contribution in [2.45, 2.75) is 25.8 Å². The molecule has 0 aliphatic rings. The lowest BCUT2D eigenvalue weighted by Crippen LogP contribution is -2.44. The lowest BCUT2D eigenvalue weighted by Gasteiger charge is -2.18. The van der Waals surface area contributed by atoms with Crippen LogP contribution in [0, 0.1) is 20.2 Å². The number of rotatable bonds is 24. The Morgan fingerprint density at radius 2 is 1.23 bits per heavy atom. The normalized spacial score (nSPS) is 11.1. The van der Waals surface area contributed by atoms with Gasteiger partial charge in [-0.3, -0.25) is 0 Å². The fraction of sp³-hybridized carbons (Fsp3) is 0.625. The first kappa shape index (κ1) is 36.5. The molecule has 1 unspecified atom stereocenters. The van der Waals surface area contributed by atoms with E-state index in [0.717, 1.165) is 6.42 Å². The number of amides is 1. The zero-order chi connectivity index (χ0) is 31.7. The van der Waals surface area contributed by atoms with Crippen LogP contribution in [0.4, 0.5) is 9.59 Å². The van der Waals surface area contributed by atoms with Crippen LogP contribution in [-0.2, 0) is 49.3 Å². The molecular formula is C24H35N3O16. The van der Waals surface area contributed by atoms with Gasteiger partial charge in [-0.2, -0.15) is 0 Å². The molecule has 0 saturated heterocycles. The van der Waals surface area contributed by atoms with Gasteiger partial charge >= 0.3 is 18.2 Å². The second kappa shape index (κ2) is 23.1. The van der Waals surface area contributed by atoms with Crippen LogP contribution in [0.5, 0.6) is 5.75 Å². The highest BCUT2D eigenvalue weighted by molar-refractivity contribution is 5.81. The Kier molecular flexibility index (Phi) is 19.6. The Bertz CT molecular complexity index is 978. The van der Waals surface area contributed by atoms with Crippen LogP contribution in [0.1, 0.15) is 18.9 Å². The first-order chi connectivity index (χ1) is 20.7. The summed E-state index contributed by atoms with van der Waals surface area (Å²) in [6.45, 7) is 1.46. The quantitative estimate of drug-likeness (QED) is 0.0427. The Balaban J connectivity index is 2.54. The molecule has 0 aromatic heterocycles. The van der Waals surface area contributed by atoms with E-state index in [1.807, 2.05) is 6.92 Å². The zero-order valence-corrected chi connectivity index (χ0v) is 23.5. The van der Waals surface area contributed by atoms with E-state index in [2.05, 4.69) is 15.0 Å². The zero-order valence-electron chi connectivity index (χ0n) is 23.5. The standard InChI is InChI=1S/C24H35N3O16/c1-2-7-35-8-13-38-22(28)21(25-23(29)39-14-9-36-11-16-41-26(31)32)18-19-3-5-20(6-4-19)43-24(30)40-15-10-37-12-17-42-27(33)34/h3-6,21H,2,7-18H2,1H3,(H,25,29). The van der Waals surface area contributed by atoms with E-state index in [0.29, 0.717) is 12.2 Å². The Morgan fingerprint density at radius 3 is 1.79 bits per heavy atom. The van der Waals surface area contributed by atoms with Gasteiger partial charge < -0.3 is 48.2 Å². The third kappa shape index (κ3) is 20.1. The minimum absolute atomic E-state index is 0.000701. The van der Waals surface area contributed by atoms with Crippen molar-refractivity contribution in [2.75, 3.05) is 72.7 Å². The lowest BCUT2D eigenvalue weighted by atomic mass is 10.1. The minimum atomic E-state index is -1.14. The summed E-state index contributed by atoms with van der Waals surface area (Å²) < 4.78 is 35.4. The van der Waals surface area contributed by atoms with E-state index in [9.17, 15) is 34.6 Å². The van der Waals surface area contributed by atoms with Crippen LogP contribution in [-0.4, -0.2) is 107 Å². The molecule has 1 N–H and O–H groups in total. The summed E-state index contributed by atoms with van der Waals surface area (Å²) in [6.07, 6.45) is -1.14. The van der Waals surface area contributed by atoms with Crippen molar-refractivity contribution in [1.82, 2.24) is 5.32 Å². The largest absolute Gasteiger partial charge is 0.513 e. The van der Waals surface area contributed by atoms with Crippen LogP contribution in [0.2, 0.25) is 0 Å². The first-order valence-corrected chi connectivity index (χ1v) is 13.0. The molecule has 0 heterocycles. The number of hydrogen-bond acceptors (Lipinski definition) is 16. The van der Waals surface area contributed by atoms with Gasteiger partial charge in [-0.15, -0.1) is 20.2 Å². The van der Waals surface area contributed by atoms with Crippen molar-refractivity contribution in [3.63, 3.8) is 0 Å². The van der Waals surface area contributed by atoms with Crippen molar-refractivity contribution in [2.24, 2.45) is 0 Å². The predicted octanol–water partition coefficient (Wildman–Crippen LogP) is 1.26. The Hall–Kier alpha value is -4.49. The van der Waals surface area contributed by atoms with Crippen LogP contribution in [0.3, 0.4) is 0 Å². The van der Waals surface area contributed by atoms with Gasteiger partial charge in [-0.1, -0.05) is 19.1 Å². The summed E-state index contributed by atoms with van der Waals surface area (Å²) in [5.74, 6) is -0.599. The topological polar surface area (TPSA) is 233 Å². The summed E-state index contributed by atoms with van der Waals surface area (Å²) in [7, 11) is 0. The number of hydrogen-bond donors (Lipinski definition) is 1. The van der Waals surface area contributed by atoms with Gasteiger partial charge in [0.1, 0.15) is 44.8 Å². The fourth-order valence-electron chi connectivity index (χ4n) is 2.90. The molecule has 0 fully saturated rings. The molecule has 19 nitrogen and oxygen atoms in total. The minimum Gasteiger partial charge on any atom is -0.462 e. The number of esters is 1. The number of carbonyl (C=O) groups excluding carboxylic acids is 3. The summed E-state index contributed by atoms with van der Waals surface area (Å²) >= 11 is 0. The fourth-order valence-corrected chi connectivity index (χ4v) is 2.90. The number of alkyl carbamates (subject to hydrolysis) is 1. The summed E-state index contributed by atoms with van der Waals surface area (Å²) in [6, 6.07) is 4.86. The van der Waals surface area contributed by atoms with Gasteiger partial charge in [0, 0.05) is 13.0 Å². The summed E-state index contributed by atoms with van der Waals surface area (Å²) in [4.78, 5) is 65.0. The maximum atomic E-state index is 12.7. The highest BCUT2D eigenvalue weighted by Crippen LogP contribution is 2.15. The van der Waals surface area contributed by atoms with Crippen molar-refractivity contribution >= 4 is 18.2 Å². The number of nitrogens with zero attached hydrogens (tertiary/aromatic N) is 2. The molecule has 0 spiro atoms. The van der Waals surface area contributed by atoms with Crippen LogP contribution < -0.4 is 10.1 Å². The average Bonchev–Trinajstić information content (AvgIpc) is 2.96. The van der Waals surface area contributed by atoms with E-state index in [-0.39, 0.29) is 78.2 Å². The molecule has 0 saturated carbocycles. The SMILES string of the molecule is CCCOCCOC(=O)C(Cc1ccc(OC(=O)OCCOCCO[N+](=O)[O-])cc1)NC(=O)OCCOCCO[N+](=O)[O-]. The number of benzene rings is 1. The van der Waals surface area contributed by atoms with Crippen molar-refractivity contribution in [3.8, 4) is 5.75 Å². The average molecular weight is 622 g/mol. The molecule has 242 valence electrons. The number of nitrogens with one attached hydrogen (secondary N) is 1. The smallest absolute Gasteiger partial charge is 0.462 e. The molecule has 0 radical (unpaired) electrons. The lowest BCUT2D eigenvalue weighted by molar-refractivity contribution is -0.758. The molecule has 1 atom stereocenters. The summed E-state index contributed by atoms with van der Waals surface area (Å²) in [5, 5.41) is 20.6. The molecule has 0 aliphatic heterocycles. The maximum Gasteiger partial charge on any atom is 0.513 e. The van der Waals surface area contributed by atoms with Gasteiger partial charge in [-0.25, -0.2) is 14.4 Å². The number of ether oxygens (including phenoxy) is 7. The summed E-state index contributed by atoms with van der Waals surface area (Å²) in [5.41, 5.74) is 0.574. The van der Waals surface area contributed by atoms with E-state index in [1.165, 1.54) is 12.1 Å². The highest BCUT2D eigenvalue weighted by Gasteiger charge is 2.24. The van der Waals surface area contributed by atoms with Crippen molar-refractivity contribution < 1.29 is 67.4 Å². The second-order valence-electron chi connectivity index (χ2n) is 8.00. The monoisotopic (exact) mass is 621 g/mol. The molecule has 43 heavy (non-hydrogen) atoms. The molecule has 1 aromatic rings. The first-order valence-electron chi connectivity index (χ1n) is 13.0. The Labute approximate surface area is 245 Å². The van der Waals surface area contributed by atoms with Crippen LogP contribution >= 0.6 is 0 Å². The molecule has 1 rings (SSSR count). The number of carbonyl (C=O) groups is 3. The van der Waals surface area contributed by atoms with Crippen molar-refractivity contribution in [3.05, 3.63) is 50.1 Å². The Morgan fingerprint density at radius 1 is 0.721 bits per heavy atom. The van der Waals surface area contributed by atoms with Crippen molar-refractivity contribution in [1.29, 1.82) is 0 Å². The molecule has 0 bridgehead atoms. The third-order valence-electron chi connectivity index (χ3n) is 4.72. The highest BCUT2D eigenvalue weighted by atomic mass is 17.0. The van der Waals surface area contributed by atoms with Gasteiger partial charge in [0.05, 0.1) is 33.0 Å². The molecule has 1 amide bonds. The van der Waals surface area contributed by atoms with Crippen LogP contribution in [0.15, 0.2) is 24.3 Å². The van der Waals surface area contributed by atoms with E-state index >= 15 is 0 Å². The van der Waals surface area contributed by atoms with E-state index in [1.54, 1.807) is 12.1 Å². The molecular weight excluding hydrogens is 586 g/mol. The third-order valence-corrected chi connectivity index (χ3v) is 4.72. The second-order valence-corrected chi connectivity index (χ2v) is 8.00. The van der Waals surface area contributed by atoms with Crippen LogP contribution in [0.25, 0.3) is 0 Å². The van der Waals surface area contributed by atoms with Gasteiger partial charge in [-0.05, 0) is 24.1 Å².